The van der Waals surface area contributed by atoms with Crippen LogP contribution >= 0.6 is 38.9 Å². The van der Waals surface area contributed by atoms with Crippen molar-refractivity contribution in [2.24, 2.45) is 5.73 Å². The van der Waals surface area contributed by atoms with E-state index in [0.717, 1.165) is 9.35 Å². The Morgan fingerprint density at radius 2 is 2.13 bits per heavy atom. The minimum absolute atomic E-state index is 0.0578. The number of nitrogens with zero attached hydrogens (tertiary/aromatic N) is 3. The van der Waals surface area contributed by atoms with Gasteiger partial charge in [0.2, 0.25) is 0 Å². The molecule has 1 aromatic carbocycles. The number of thiophene rings is 1. The molecule has 0 radical (unpaired) electrons. The number of hydrogen-bond donors (Lipinski definition) is 1. The van der Waals surface area contributed by atoms with Gasteiger partial charge in [-0.05, 0) is 40.9 Å². The SMILES string of the molecule is N#CC1=C(N)N(c2cc([N+](=O)[O-])ccc2Cl)C2=C(C(=O)CCC2)C1c1cc(Br)cs1. The van der Waals surface area contributed by atoms with Crippen LogP contribution in [-0.4, -0.2) is 10.7 Å². The zero-order valence-corrected chi connectivity index (χ0v) is 18.6. The molecule has 7 nitrogen and oxygen atoms in total. The molecule has 0 spiro atoms. The minimum atomic E-state index is -0.567. The topological polar surface area (TPSA) is 113 Å². The molecule has 1 aliphatic carbocycles. The number of allylic oxidation sites excluding steroid dienone is 3. The van der Waals surface area contributed by atoms with Gasteiger partial charge in [0.05, 0.1) is 33.2 Å². The molecule has 1 aliphatic heterocycles. The van der Waals surface area contributed by atoms with E-state index in [4.69, 9.17) is 17.3 Å². The molecule has 0 fully saturated rings. The van der Waals surface area contributed by atoms with Gasteiger partial charge in [-0.15, -0.1) is 11.3 Å². The number of halogens is 2. The number of rotatable bonds is 3. The number of nitro benzene ring substituents is 1. The second-order valence-electron chi connectivity index (χ2n) is 6.88. The Bertz CT molecular complexity index is 1200. The number of nitriles is 1. The van der Waals surface area contributed by atoms with E-state index in [1.165, 1.54) is 29.5 Å². The van der Waals surface area contributed by atoms with Crippen LogP contribution in [0.1, 0.15) is 30.1 Å². The van der Waals surface area contributed by atoms with Crippen LogP contribution in [0.3, 0.4) is 0 Å². The predicted molar refractivity (Wildman–Crippen MR) is 118 cm³/mol. The van der Waals surface area contributed by atoms with Crippen LogP contribution < -0.4 is 10.6 Å². The van der Waals surface area contributed by atoms with Gasteiger partial charge in [-0.1, -0.05) is 11.6 Å². The molecule has 0 bridgehead atoms. The van der Waals surface area contributed by atoms with Crippen molar-refractivity contribution in [1.29, 1.82) is 5.26 Å². The van der Waals surface area contributed by atoms with Crippen LogP contribution in [0.25, 0.3) is 0 Å². The Kier molecular flexibility index (Phi) is 5.40. The lowest BCUT2D eigenvalue weighted by atomic mass is 9.78. The van der Waals surface area contributed by atoms with Crippen molar-refractivity contribution in [2.75, 3.05) is 4.90 Å². The third kappa shape index (κ3) is 3.31. The first-order chi connectivity index (χ1) is 14.3. The molecule has 2 N–H and O–H groups in total. The van der Waals surface area contributed by atoms with Crippen molar-refractivity contribution in [3.8, 4) is 6.07 Å². The summed E-state index contributed by atoms with van der Waals surface area (Å²) in [7, 11) is 0. The number of ketones is 1. The molecule has 152 valence electrons. The van der Waals surface area contributed by atoms with Gasteiger partial charge in [-0.3, -0.25) is 19.8 Å². The number of non-ortho nitro benzene ring substituents is 1. The highest BCUT2D eigenvalue weighted by Crippen LogP contribution is 2.49. The van der Waals surface area contributed by atoms with Gasteiger partial charge >= 0.3 is 0 Å². The van der Waals surface area contributed by atoms with Crippen molar-refractivity contribution < 1.29 is 9.72 Å². The van der Waals surface area contributed by atoms with E-state index in [1.54, 1.807) is 4.90 Å². The highest BCUT2D eigenvalue weighted by atomic mass is 79.9. The summed E-state index contributed by atoms with van der Waals surface area (Å²) in [6, 6.07) is 8.07. The highest BCUT2D eigenvalue weighted by molar-refractivity contribution is 9.10. The Balaban J connectivity index is 1.99. The van der Waals surface area contributed by atoms with Crippen LogP contribution in [-0.2, 0) is 4.79 Å². The molecule has 30 heavy (non-hydrogen) atoms. The third-order valence-corrected chi connectivity index (χ3v) is 7.25. The van der Waals surface area contributed by atoms with E-state index in [1.807, 2.05) is 11.4 Å². The Morgan fingerprint density at radius 1 is 1.37 bits per heavy atom. The van der Waals surface area contributed by atoms with Gasteiger partial charge in [0, 0.05) is 44.6 Å². The molecular formula is C20H14BrClN4O3S. The summed E-state index contributed by atoms with van der Waals surface area (Å²) in [5.74, 6) is -0.497. The van der Waals surface area contributed by atoms with Gasteiger partial charge < -0.3 is 5.73 Å². The summed E-state index contributed by atoms with van der Waals surface area (Å²) in [5.41, 5.74) is 7.94. The first kappa shape index (κ1) is 20.6. The number of hydrogen-bond acceptors (Lipinski definition) is 7. The number of nitrogens with two attached hydrogens (primary N) is 1. The maximum atomic E-state index is 13.0. The lowest BCUT2D eigenvalue weighted by Gasteiger charge is -2.39. The van der Waals surface area contributed by atoms with Gasteiger partial charge in [0.25, 0.3) is 5.69 Å². The molecule has 2 heterocycles. The number of anilines is 1. The smallest absolute Gasteiger partial charge is 0.271 e. The van der Waals surface area contributed by atoms with Gasteiger partial charge in [0.15, 0.2) is 5.78 Å². The largest absolute Gasteiger partial charge is 0.384 e. The highest BCUT2D eigenvalue weighted by Gasteiger charge is 2.41. The lowest BCUT2D eigenvalue weighted by Crippen LogP contribution is -2.38. The van der Waals surface area contributed by atoms with Crippen molar-refractivity contribution in [3.63, 3.8) is 0 Å². The summed E-state index contributed by atoms with van der Waals surface area (Å²) in [4.78, 5) is 26.2. The summed E-state index contributed by atoms with van der Waals surface area (Å²) in [6.07, 6.45) is 1.54. The van der Waals surface area contributed by atoms with Gasteiger partial charge in [0.1, 0.15) is 5.82 Å². The average molecular weight is 506 g/mol. The van der Waals surface area contributed by atoms with E-state index in [9.17, 15) is 20.2 Å². The van der Waals surface area contributed by atoms with Crippen molar-refractivity contribution in [2.45, 2.75) is 25.2 Å². The predicted octanol–water partition coefficient (Wildman–Crippen LogP) is 5.38. The molecular weight excluding hydrogens is 492 g/mol. The first-order valence-electron chi connectivity index (χ1n) is 8.97. The Morgan fingerprint density at radius 3 is 2.77 bits per heavy atom. The normalized spacial score (nSPS) is 19.0. The van der Waals surface area contributed by atoms with Crippen LogP contribution in [0.15, 0.2) is 56.8 Å². The van der Waals surface area contributed by atoms with Gasteiger partial charge in [-0.25, -0.2) is 0 Å². The fourth-order valence-electron chi connectivity index (χ4n) is 3.91. The number of Topliss-reactive ketones (excluding diaryl/α,β-unsaturated/α-hetero) is 1. The fourth-order valence-corrected chi connectivity index (χ4v) is 5.68. The van der Waals surface area contributed by atoms with E-state index in [2.05, 4.69) is 22.0 Å². The van der Waals surface area contributed by atoms with E-state index < -0.39 is 10.8 Å². The molecule has 10 heteroatoms. The van der Waals surface area contributed by atoms with Crippen LogP contribution in [0.5, 0.6) is 0 Å². The molecule has 0 saturated heterocycles. The van der Waals surface area contributed by atoms with E-state index >= 15 is 0 Å². The molecule has 4 rings (SSSR count). The molecule has 1 atom stereocenters. The number of carbonyl (C=O) groups is 1. The van der Waals surface area contributed by atoms with Crippen LogP contribution in [0, 0.1) is 21.4 Å². The monoisotopic (exact) mass is 504 g/mol. The summed E-state index contributed by atoms with van der Waals surface area (Å²) < 4.78 is 0.855. The Hall–Kier alpha value is -2.67. The second kappa shape index (κ2) is 7.87. The molecule has 0 amide bonds. The number of nitro groups is 1. The maximum Gasteiger partial charge on any atom is 0.271 e. The maximum absolute atomic E-state index is 13.0. The van der Waals surface area contributed by atoms with E-state index in [0.29, 0.717) is 30.5 Å². The molecule has 0 saturated carbocycles. The molecule has 1 unspecified atom stereocenters. The van der Waals surface area contributed by atoms with Gasteiger partial charge in [-0.2, -0.15) is 5.26 Å². The van der Waals surface area contributed by atoms with E-state index in [-0.39, 0.29) is 33.6 Å². The summed E-state index contributed by atoms with van der Waals surface area (Å²) >= 11 is 11.2. The lowest BCUT2D eigenvalue weighted by molar-refractivity contribution is -0.384. The molecule has 1 aromatic heterocycles. The van der Waals surface area contributed by atoms with Crippen LogP contribution in [0.2, 0.25) is 5.02 Å². The molecule has 2 aromatic rings. The summed E-state index contributed by atoms with van der Waals surface area (Å²) in [5, 5.41) is 23.4. The second-order valence-corrected chi connectivity index (χ2v) is 9.14. The van der Waals surface area contributed by atoms with Crippen LogP contribution in [0.4, 0.5) is 11.4 Å². The van der Waals surface area contributed by atoms with Crippen molar-refractivity contribution in [1.82, 2.24) is 0 Å². The average Bonchev–Trinajstić information content (AvgIpc) is 3.14. The zero-order valence-electron chi connectivity index (χ0n) is 15.4. The van der Waals surface area contributed by atoms with Crippen molar-refractivity contribution >= 4 is 56.0 Å². The first-order valence-corrected chi connectivity index (χ1v) is 11.0. The molecule has 2 aliphatic rings. The number of carbonyl (C=O) groups excluding carboxylic acids is 1. The minimum Gasteiger partial charge on any atom is -0.384 e. The third-order valence-electron chi connectivity index (χ3n) is 5.17. The standard InChI is InChI=1S/C20H14BrClN4O3S/c21-10-6-17(30-9-10)18-12(8-23)20(24)25(14-2-1-3-16(27)19(14)18)15-7-11(26(28)29)4-5-13(15)22/h4-7,9,18H,1-3,24H2. The fraction of sp³-hybridized carbons (Fsp3) is 0.200. The van der Waals surface area contributed by atoms with Crippen molar-refractivity contribution in [3.05, 3.63) is 76.8 Å². The summed E-state index contributed by atoms with van der Waals surface area (Å²) in [6.45, 7) is 0. The zero-order chi connectivity index (χ0) is 21.6. The number of benzene rings is 1. The Labute approximate surface area is 189 Å². The quantitative estimate of drug-likeness (QED) is 0.443.